The third kappa shape index (κ3) is 5.33. The van der Waals surface area contributed by atoms with Gasteiger partial charge in [0.05, 0.1) is 12.2 Å². The molecule has 0 aliphatic rings. The number of ether oxygens (including phenoxy) is 2. The minimum Gasteiger partial charge on any atom is -0.595 e. The predicted molar refractivity (Wildman–Crippen MR) is 116 cm³/mol. The van der Waals surface area contributed by atoms with Crippen LogP contribution in [0.15, 0.2) is 42.5 Å². The fraction of sp³-hybridized carbons (Fsp3) is 0.318. The maximum Gasteiger partial charge on any atom is 0.340 e. The van der Waals surface area contributed by atoms with Crippen molar-refractivity contribution in [2.75, 3.05) is 32.2 Å². The molecular formula is C22H27N3O6. The van der Waals surface area contributed by atoms with E-state index in [4.69, 9.17) is 14.7 Å². The Kier molecular flexibility index (Phi) is 7.48. The maximum atomic E-state index is 12.6. The molecule has 0 aliphatic heterocycles. The number of hydrogen-bond acceptors (Lipinski definition) is 7. The molecule has 166 valence electrons. The number of methoxy groups -OCH3 is 1. The minimum atomic E-state index is -0.955. The number of esters is 1. The van der Waals surface area contributed by atoms with Crippen LogP contribution in [0.4, 0.5) is 11.4 Å². The van der Waals surface area contributed by atoms with Gasteiger partial charge in [-0.25, -0.2) is 10.0 Å². The molecule has 9 heteroatoms. The Morgan fingerprint density at radius 2 is 1.94 bits per heavy atom. The number of aryl methyl sites for hydroxylation is 1. The molecule has 0 spiro atoms. The second-order valence-corrected chi connectivity index (χ2v) is 7.11. The summed E-state index contributed by atoms with van der Waals surface area (Å²) in [7, 11) is 1.54. The number of nitrogens with zero attached hydrogens (tertiary/aromatic N) is 1. The quantitative estimate of drug-likeness (QED) is 0.222. The molecule has 1 unspecified atom stereocenters. The summed E-state index contributed by atoms with van der Waals surface area (Å²) in [5.41, 5.74) is 3.15. The monoisotopic (exact) mass is 429 g/mol. The lowest BCUT2D eigenvalue weighted by atomic mass is 10.1. The van der Waals surface area contributed by atoms with E-state index >= 15 is 0 Å². The van der Waals surface area contributed by atoms with Crippen LogP contribution >= 0.6 is 0 Å². The molecule has 3 rings (SSSR count). The third-order valence-electron chi connectivity index (χ3n) is 5.05. The standard InChI is InChI=1S/C22H27N3O6/c1-15-21(22(27)31-13-12-30-2)19-14-18(26)8-9-20(19)24(15)11-3-10-23-16-4-6-17(7-5-16)25(28)29/h4-9,14,23,25-26,28H,3,10-13H2,1-2H3. The van der Waals surface area contributed by atoms with Crippen LogP contribution in [-0.4, -0.2) is 47.7 Å². The molecule has 1 heterocycles. The van der Waals surface area contributed by atoms with Gasteiger partial charge in [-0.3, -0.25) is 0 Å². The molecule has 1 atom stereocenters. The Labute approximate surface area is 179 Å². The topological polar surface area (TPSA) is 120 Å². The summed E-state index contributed by atoms with van der Waals surface area (Å²) in [6.45, 7) is 3.65. The molecule has 3 aromatic rings. The van der Waals surface area contributed by atoms with Crippen LogP contribution in [0.3, 0.4) is 0 Å². The van der Waals surface area contributed by atoms with Crippen LogP contribution in [0, 0.1) is 12.1 Å². The molecule has 1 aromatic heterocycles. The Balaban J connectivity index is 1.71. The van der Waals surface area contributed by atoms with Crippen molar-refractivity contribution >= 4 is 28.2 Å². The Morgan fingerprint density at radius 1 is 1.19 bits per heavy atom. The van der Waals surface area contributed by atoms with Crippen LogP contribution < -0.4 is 10.5 Å². The molecule has 0 radical (unpaired) electrons. The van der Waals surface area contributed by atoms with Crippen molar-refractivity contribution in [3.63, 3.8) is 0 Å². The maximum absolute atomic E-state index is 12.6. The lowest BCUT2D eigenvalue weighted by Crippen LogP contribution is -2.99. The van der Waals surface area contributed by atoms with Crippen molar-refractivity contribution in [3.05, 3.63) is 58.9 Å². The number of carbonyl (C=O) groups is 1. The number of hydrogen-bond donors (Lipinski definition) is 4. The van der Waals surface area contributed by atoms with Crippen molar-refractivity contribution in [1.29, 1.82) is 0 Å². The number of quaternary nitrogens is 1. The highest BCUT2D eigenvalue weighted by Gasteiger charge is 2.21. The van der Waals surface area contributed by atoms with E-state index in [1.807, 2.05) is 11.5 Å². The van der Waals surface area contributed by atoms with Gasteiger partial charge in [0.15, 0.2) is 5.69 Å². The van der Waals surface area contributed by atoms with Crippen LogP contribution in [0.5, 0.6) is 5.75 Å². The summed E-state index contributed by atoms with van der Waals surface area (Å²) in [4.78, 5) is 12.6. The van der Waals surface area contributed by atoms with Gasteiger partial charge in [-0.15, -0.1) is 0 Å². The summed E-state index contributed by atoms with van der Waals surface area (Å²) < 4.78 is 12.3. The number of aromatic hydroxyl groups is 1. The van der Waals surface area contributed by atoms with E-state index in [2.05, 4.69) is 5.32 Å². The van der Waals surface area contributed by atoms with Crippen molar-refractivity contribution in [3.8, 4) is 5.75 Å². The van der Waals surface area contributed by atoms with Gasteiger partial charge in [0.1, 0.15) is 12.4 Å². The van der Waals surface area contributed by atoms with Gasteiger partial charge in [0.2, 0.25) is 0 Å². The number of benzene rings is 2. The first kappa shape index (κ1) is 22.6. The van der Waals surface area contributed by atoms with E-state index in [-0.39, 0.29) is 18.0 Å². The number of carbonyl (C=O) groups excluding carboxylic acids is 1. The van der Waals surface area contributed by atoms with Gasteiger partial charge in [-0.2, -0.15) is 5.23 Å². The van der Waals surface area contributed by atoms with Gasteiger partial charge in [0.25, 0.3) is 0 Å². The second-order valence-electron chi connectivity index (χ2n) is 7.11. The van der Waals surface area contributed by atoms with E-state index in [0.29, 0.717) is 30.6 Å². The highest BCUT2D eigenvalue weighted by molar-refractivity contribution is 6.06. The Morgan fingerprint density at radius 3 is 2.61 bits per heavy atom. The highest BCUT2D eigenvalue weighted by atomic mass is 16.8. The number of aromatic nitrogens is 1. The number of anilines is 1. The smallest absolute Gasteiger partial charge is 0.340 e. The first-order valence-corrected chi connectivity index (χ1v) is 9.97. The predicted octanol–water partition coefficient (Wildman–Crippen LogP) is 2.36. The van der Waals surface area contributed by atoms with Crippen molar-refractivity contribution < 1.29 is 29.8 Å². The number of fused-ring (bicyclic) bond motifs is 1. The summed E-state index contributed by atoms with van der Waals surface area (Å²) in [6, 6.07) is 11.5. The van der Waals surface area contributed by atoms with E-state index < -0.39 is 11.2 Å². The van der Waals surface area contributed by atoms with E-state index in [0.717, 1.165) is 23.3 Å². The van der Waals surface area contributed by atoms with E-state index in [9.17, 15) is 15.1 Å². The number of rotatable bonds is 10. The molecule has 31 heavy (non-hydrogen) atoms. The fourth-order valence-corrected chi connectivity index (χ4v) is 3.51. The van der Waals surface area contributed by atoms with Gasteiger partial charge < -0.3 is 29.7 Å². The largest absolute Gasteiger partial charge is 0.595 e. The lowest BCUT2D eigenvalue weighted by molar-refractivity contribution is -0.991. The average Bonchev–Trinajstić information content (AvgIpc) is 3.02. The van der Waals surface area contributed by atoms with Crippen LogP contribution in [0.25, 0.3) is 10.9 Å². The minimum absolute atomic E-state index is 0.0852. The molecule has 0 saturated heterocycles. The van der Waals surface area contributed by atoms with Gasteiger partial charge >= 0.3 is 5.97 Å². The molecule has 0 fully saturated rings. The van der Waals surface area contributed by atoms with Crippen molar-refractivity contribution in [2.45, 2.75) is 19.9 Å². The molecule has 0 aliphatic carbocycles. The number of nitrogens with one attached hydrogen (secondary N) is 2. The normalized spacial score (nSPS) is 12.1. The molecule has 0 amide bonds. The summed E-state index contributed by atoms with van der Waals surface area (Å²) in [5.74, 6) is -0.359. The summed E-state index contributed by atoms with van der Waals surface area (Å²) in [6.07, 6.45) is 0.768. The summed E-state index contributed by atoms with van der Waals surface area (Å²) in [5, 5.41) is 32.8. The lowest BCUT2D eigenvalue weighted by Gasteiger charge is -2.13. The number of phenols is 1. The van der Waals surface area contributed by atoms with Crippen LogP contribution in [0.1, 0.15) is 22.5 Å². The Bertz CT molecular complexity index is 1030. The molecule has 2 aromatic carbocycles. The first-order chi connectivity index (χ1) is 14.9. The van der Waals surface area contributed by atoms with E-state index in [1.165, 1.54) is 7.11 Å². The van der Waals surface area contributed by atoms with Crippen LogP contribution in [0.2, 0.25) is 0 Å². The highest BCUT2D eigenvalue weighted by Crippen LogP contribution is 2.30. The number of phenolic OH excluding ortho intramolecular Hbond substituents is 1. The SMILES string of the molecule is COCCOC(=O)c1c(C)n(CCCNc2ccc([NH+]([O-])O)cc2)c2ccc(O)cc12. The third-order valence-corrected chi connectivity index (χ3v) is 5.05. The second kappa shape index (κ2) is 10.3. The first-order valence-electron chi connectivity index (χ1n) is 9.97. The molecule has 9 nitrogen and oxygen atoms in total. The van der Waals surface area contributed by atoms with Gasteiger partial charge in [-0.1, -0.05) is 0 Å². The zero-order valence-corrected chi connectivity index (χ0v) is 17.6. The van der Waals surface area contributed by atoms with Crippen molar-refractivity contribution in [1.82, 2.24) is 4.57 Å². The van der Waals surface area contributed by atoms with E-state index in [1.54, 1.807) is 42.5 Å². The zero-order valence-electron chi connectivity index (χ0n) is 17.6. The van der Waals surface area contributed by atoms with Crippen LogP contribution in [-0.2, 0) is 16.0 Å². The van der Waals surface area contributed by atoms with Gasteiger partial charge in [-0.05, 0) is 43.7 Å². The van der Waals surface area contributed by atoms with Gasteiger partial charge in [0, 0.05) is 54.6 Å². The molecule has 4 N–H and O–H groups in total. The molecule has 0 saturated carbocycles. The zero-order chi connectivity index (χ0) is 22.4. The molecular weight excluding hydrogens is 402 g/mol. The fourth-order valence-electron chi connectivity index (χ4n) is 3.51. The summed E-state index contributed by atoms with van der Waals surface area (Å²) >= 11 is 0. The molecule has 0 bridgehead atoms. The van der Waals surface area contributed by atoms with Crippen molar-refractivity contribution in [2.24, 2.45) is 0 Å². The average molecular weight is 429 g/mol. The Hall–Kier alpha value is -3.11.